The Labute approximate surface area is 218 Å². The fraction of sp³-hybridized carbons (Fsp3) is 0.483. The van der Waals surface area contributed by atoms with Gasteiger partial charge in [0, 0.05) is 32.2 Å². The molecular weight excluding hydrogens is 468 g/mol. The minimum Gasteiger partial charge on any atom is -0.493 e. The van der Waals surface area contributed by atoms with Crippen LogP contribution in [0.4, 0.5) is 5.95 Å². The first-order valence-electron chi connectivity index (χ1n) is 13.0. The number of amides is 1. The van der Waals surface area contributed by atoms with E-state index in [1.54, 1.807) is 26.4 Å². The lowest BCUT2D eigenvalue weighted by molar-refractivity contribution is -0.150. The predicted octanol–water partition coefficient (Wildman–Crippen LogP) is 4.79. The number of benzene rings is 2. The number of carbonyl (C=O) groups excluding carboxylic acids is 1. The number of ether oxygens (including phenoxy) is 2. The number of methoxy groups -OCH3 is 2. The van der Waals surface area contributed by atoms with E-state index in [-0.39, 0.29) is 23.2 Å². The molecule has 5 rings (SSSR count). The van der Waals surface area contributed by atoms with Crippen molar-refractivity contribution in [1.82, 2.24) is 14.9 Å². The van der Waals surface area contributed by atoms with Crippen LogP contribution in [0.15, 0.2) is 42.5 Å². The summed E-state index contributed by atoms with van der Waals surface area (Å²) in [5.41, 5.74) is 1.34. The van der Waals surface area contributed by atoms with Gasteiger partial charge in [0.1, 0.15) is 0 Å². The van der Waals surface area contributed by atoms with Gasteiger partial charge >= 0.3 is 0 Å². The number of hydrogen-bond donors (Lipinski definition) is 1. The van der Waals surface area contributed by atoms with E-state index in [4.69, 9.17) is 14.5 Å². The van der Waals surface area contributed by atoms with Crippen molar-refractivity contribution in [3.8, 4) is 17.4 Å². The molecule has 196 valence electrons. The van der Waals surface area contributed by atoms with Gasteiger partial charge in [-0.1, -0.05) is 36.8 Å². The maximum Gasteiger partial charge on any atom is 0.229 e. The third kappa shape index (κ3) is 4.54. The van der Waals surface area contributed by atoms with E-state index in [0.29, 0.717) is 47.4 Å². The summed E-state index contributed by atoms with van der Waals surface area (Å²) in [5.74, 6) is 2.08. The topological polar surface area (TPSA) is 88.0 Å². The van der Waals surface area contributed by atoms with Gasteiger partial charge in [-0.2, -0.15) is 4.98 Å². The average molecular weight is 505 g/mol. The average Bonchev–Trinajstić information content (AvgIpc) is 2.87. The highest BCUT2D eigenvalue weighted by molar-refractivity contribution is 5.88. The first kappa shape index (κ1) is 25.1. The van der Waals surface area contributed by atoms with Crippen molar-refractivity contribution in [2.24, 2.45) is 11.3 Å². The van der Waals surface area contributed by atoms with Crippen LogP contribution in [0.2, 0.25) is 0 Å². The summed E-state index contributed by atoms with van der Waals surface area (Å²) in [6.45, 7) is 3.40. The molecule has 2 atom stereocenters. The molecule has 0 bridgehead atoms. The van der Waals surface area contributed by atoms with Crippen LogP contribution >= 0.6 is 0 Å². The summed E-state index contributed by atoms with van der Waals surface area (Å²) in [4.78, 5) is 27.3. The lowest BCUT2D eigenvalue weighted by Crippen LogP contribution is -2.57. The second-order valence-corrected chi connectivity index (χ2v) is 10.5. The van der Waals surface area contributed by atoms with Crippen molar-refractivity contribution in [1.29, 1.82) is 0 Å². The second-order valence-electron chi connectivity index (χ2n) is 10.5. The lowest BCUT2D eigenvalue weighted by atomic mass is 9.59. The van der Waals surface area contributed by atoms with Gasteiger partial charge in [-0.3, -0.25) is 4.79 Å². The number of anilines is 1. The number of aromatic nitrogens is 2. The van der Waals surface area contributed by atoms with Crippen LogP contribution in [0, 0.1) is 11.3 Å². The molecule has 1 saturated heterocycles. The molecule has 1 aliphatic heterocycles. The fourth-order valence-corrected chi connectivity index (χ4v) is 6.14. The molecule has 1 saturated carbocycles. The number of fused-ring (bicyclic) bond motifs is 1. The Kier molecular flexibility index (Phi) is 6.84. The van der Waals surface area contributed by atoms with Crippen LogP contribution < -0.4 is 14.4 Å². The molecule has 37 heavy (non-hydrogen) atoms. The fourth-order valence-electron chi connectivity index (χ4n) is 6.14. The Hall–Kier alpha value is -3.55. The molecule has 1 aromatic heterocycles. The predicted molar refractivity (Wildman–Crippen MR) is 143 cm³/mol. The molecule has 2 heterocycles. The van der Waals surface area contributed by atoms with Crippen molar-refractivity contribution in [2.45, 2.75) is 51.6 Å². The zero-order valence-corrected chi connectivity index (χ0v) is 22.1. The first-order chi connectivity index (χ1) is 17.9. The van der Waals surface area contributed by atoms with Gasteiger partial charge < -0.3 is 24.4 Å². The van der Waals surface area contributed by atoms with Crippen LogP contribution in [0.3, 0.4) is 0 Å². The molecule has 3 aromatic rings. The molecule has 8 heteroatoms. The molecule has 1 N–H and O–H groups in total. The second kappa shape index (κ2) is 10.1. The minimum absolute atomic E-state index is 0.0421. The van der Waals surface area contributed by atoms with Gasteiger partial charge in [-0.25, -0.2) is 4.98 Å². The summed E-state index contributed by atoms with van der Waals surface area (Å²) in [6, 6.07) is 13.7. The number of piperidine rings is 1. The molecule has 2 aromatic carbocycles. The number of carbonyl (C=O) groups is 1. The first-order valence-corrected chi connectivity index (χ1v) is 13.0. The maximum absolute atomic E-state index is 14.0. The normalized spacial score (nSPS) is 21.9. The molecule has 2 aliphatic rings. The van der Waals surface area contributed by atoms with E-state index in [0.717, 1.165) is 31.2 Å². The molecule has 8 nitrogen and oxygen atoms in total. The van der Waals surface area contributed by atoms with E-state index in [1.165, 1.54) is 6.42 Å². The van der Waals surface area contributed by atoms with Crippen LogP contribution in [0.25, 0.3) is 10.9 Å². The molecule has 2 fully saturated rings. The SMILES string of the molecule is COc1cc2nc(N3CCC(C(=O)N(C)Cc4ccccc4)(C4CCC4)CC3C)nc(O)c2cc1OC. The van der Waals surface area contributed by atoms with Crippen LogP contribution in [0.1, 0.15) is 44.6 Å². The molecule has 0 radical (unpaired) electrons. The van der Waals surface area contributed by atoms with Gasteiger partial charge in [-0.05, 0) is 50.2 Å². The Bertz CT molecular complexity index is 1280. The number of hydrogen-bond acceptors (Lipinski definition) is 7. The summed E-state index contributed by atoms with van der Waals surface area (Å²) in [5, 5.41) is 11.3. The standard InChI is InChI=1S/C29H36N4O4/c1-19-17-29(21-11-8-12-21,27(35)32(2)18-20-9-6-5-7-10-20)13-14-33(19)28-30-23-16-25(37-4)24(36-3)15-22(23)26(34)31-28/h5-7,9-10,15-16,19,21H,8,11-14,17-18H2,1-4H3,(H,30,31,34). The van der Waals surface area contributed by atoms with Gasteiger partial charge in [0.2, 0.25) is 17.7 Å². The highest BCUT2D eigenvalue weighted by Crippen LogP contribution is 2.51. The highest BCUT2D eigenvalue weighted by atomic mass is 16.5. The van der Waals surface area contributed by atoms with Crippen LogP contribution in [-0.2, 0) is 11.3 Å². The van der Waals surface area contributed by atoms with E-state index >= 15 is 0 Å². The molecule has 1 amide bonds. The van der Waals surface area contributed by atoms with E-state index < -0.39 is 0 Å². The van der Waals surface area contributed by atoms with E-state index in [2.05, 4.69) is 28.9 Å². The smallest absolute Gasteiger partial charge is 0.229 e. The van der Waals surface area contributed by atoms with E-state index in [1.807, 2.05) is 30.1 Å². The van der Waals surface area contributed by atoms with Gasteiger partial charge in [0.05, 0.1) is 30.5 Å². The summed E-state index contributed by atoms with van der Waals surface area (Å²) >= 11 is 0. The third-order valence-electron chi connectivity index (χ3n) is 8.34. The zero-order valence-electron chi connectivity index (χ0n) is 22.1. The Balaban J connectivity index is 1.41. The number of rotatable bonds is 7. The van der Waals surface area contributed by atoms with Crippen molar-refractivity contribution in [3.63, 3.8) is 0 Å². The summed E-state index contributed by atoms with van der Waals surface area (Å²) in [6.07, 6.45) is 4.88. The van der Waals surface area contributed by atoms with Crippen molar-refractivity contribution >= 4 is 22.8 Å². The highest BCUT2D eigenvalue weighted by Gasteiger charge is 2.52. The summed E-state index contributed by atoms with van der Waals surface area (Å²) in [7, 11) is 5.06. The molecular formula is C29H36N4O4. The Morgan fingerprint density at radius 3 is 2.46 bits per heavy atom. The summed E-state index contributed by atoms with van der Waals surface area (Å²) < 4.78 is 10.8. The molecule has 0 spiro atoms. The number of aromatic hydroxyl groups is 1. The van der Waals surface area contributed by atoms with Crippen molar-refractivity contribution in [2.75, 3.05) is 32.7 Å². The van der Waals surface area contributed by atoms with Gasteiger partial charge in [-0.15, -0.1) is 0 Å². The van der Waals surface area contributed by atoms with Gasteiger partial charge in [0.15, 0.2) is 11.5 Å². The van der Waals surface area contributed by atoms with Crippen molar-refractivity contribution < 1.29 is 19.4 Å². The number of nitrogens with zero attached hydrogens (tertiary/aromatic N) is 4. The Morgan fingerprint density at radius 2 is 1.84 bits per heavy atom. The lowest BCUT2D eigenvalue weighted by Gasteiger charge is -2.52. The minimum atomic E-state index is -0.382. The maximum atomic E-state index is 14.0. The largest absolute Gasteiger partial charge is 0.493 e. The Morgan fingerprint density at radius 1 is 1.14 bits per heavy atom. The zero-order chi connectivity index (χ0) is 26.2. The van der Waals surface area contributed by atoms with E-state index in [9.17, 15) is 9.90 Å². The van der Waals surface area contributed by atoms with Crippen LogP contribution in [0.5, 0.6) is 17.4 Å². The molecule has 1 aliphatic carbocycles. The quantitative estimate of drug-likeness (QED) is 0.495. The van der Waals surface area contributed by atoms with Gasteiger partial charge in [0.25, 0.3) is 0 Å². The third-order valence-corrected chi connectivity index (χ3v) is 8.34. The monoisotopic (exact) mass is 504 g/mol. The van der Waals surface area contributed by atoms with Crippen molar-refractivity contribution in [3.05, 3.63) is 48.0 Å². The molecule has 2 unspecified atom stereocenters. The van der Waals surface area contributed by atoms with Crippen LogP contribution in [-0.4, -0.2) is 59.7 Å².